The molecule has 106 valence electrons. The molecule has 0 spiro atoms. The minimum Gasteiger partial charge on any atom is -0.481 e. The molecule has 1 saturated heterocycles. The number of hydrogen-bond acceptors (Lipinski definition) is 4. The SMILES string of the molecule is Cc1ccc(S(=O)(=O)N2CCC(CCC(=O)O)C2)s1. The number of carbonyl (C=O) groups is 1. The normalized spacial score (nSPS) is 20.8. The number of aryl methyl sites for hydroxylation is 1. The highest BCUT2D eigenvalue weighted by Crippen LogP contribution is 2.30. The van der Waals surface area contributed by atoms with Crippen molar-refractivity contribution >= 4 is 27.3 Å². The Hall–Kier alpha value is -0.920. The van der Waals surface area contributed by atoms with Crippen molar-refractivity contribution in [1.82, 2.24) is 4.31 Å². The van der Waals surface area contributed by atoms with Crippen molar-refractivity contribution < 1.29 is 18.3 Å². The summed E-state index contributed by atoms with van der Waals surface area (Å²) in [5, 5.41) is 8.65. The fourth-order valence-corrected chi connectivity index (χ4v) is 5.23. The number of thiophene rings is 1. The van der Waals surface area contributed by atoms with Crippen LogP contribution in [0, 0.1) is 12.8 Å². The molecule has 0 bridgehead atoms. The van der Waals surface area contributed by atoms with E-state index in [2.05, 4.69) is 0 Å². The second kappa shape index (κ2) is 5.60. The molecule has 5 nitrogen and oxygen atoms in total. The number of aliphatic carboxylic acids is 1. The van der Waals surface area contributed by atoms with Crippen molar-refractivity contribution in [1.29, 1.82) is 0 Å². The van der Waals surface area contributed by atoms with Crippen molar-refractivity contribution in [2.24, 2.45) is 5.92 Å². The van der Waals surface area contributed by atoms with E-state index in [1.54, 1.807) is 12.1 Å². The van der Waals surface area contributed by atoms with E-state index in [1.165, 1.54) is 15.6 Å². The minimum atomic E-state index is -3.38. The predicted octanol–water partition coefficient (Wildman–Crippen LogP) is 1.93. The van der Waals surface area contributed by atoms with Crippen LogP contribution in [0.4, 0.5) is 0 Å². The van der Waals surface area contributed by atoms with E-state index in [4.69, 9.17) is 5.11 Å². The molecule has 1 unspecified atom stereocenters. The van der Waals surface area contributed by atoms with Gasteiger partial charge in [0.15, 0.2) is 0 Å². The molecule has 19 heavy (non-hydrogen) atoms. The van der Waals surface area contributed by atoms with Gasteiger partial charge in [-0.2, -0.15) is 4.31 Å². The zero-order valence-electron chi connectivity index (χ0n) is 10.7. The van der Waals surface area contributed by atoms with Gasteiger partial charge in [0.2, 0.25) is 0 Å². The molecular formula is C12H17NO4S2. The van der Waals surface area contributed by atoms with E-state index in [0.717, 1.165) is 11.3 Å². The third-order valence-corrected chi connectivity index (χ3v) is 6.66. The number of rotatable bonds is 5. The van der Waals surface area contributed by atoms with Gasteiger partial charge in [-0.25, -0.2) is 8.42 Å². The van der Waals surface area contributed by atoms with Gasteiger partial charge >= 0.3 is 5.97 Å². The van der Waals surface area contributed by atoms with Gasteiger partial charge in [0.1, 0.15) is 4.21 Å². The molecule has 7 heteroatoms. The predicted molar refractivity (Wildman–Crippen MR) is 72.8 cm³/mol. The zero-order chi connectivity index (χ0) is 14.0. The van der Waals surface area contributed by atoms with E-state index >= 15 is 0 Å². The van der Waals surface area contributed by atoms with Crippen molar-refractivity contribution in [3.8, 4) is 0 Å². The van der Waals surface area contributed by atoms with E-state index in [-0.39, 0.29) is 12.3 Å². The van der Waals surface area contributed by atoms with Crippen LogP contribution in [-0.4, -0.2) is 36.9 Å². The first-order chi connectivity index (χ1) is 8.89. The quantitative estimate of drug-likeness (QED) is 0.902. The molecule has 1 N–H and O–H groups in total. The Balaban J connectivity index is 2.02. The van der Waals surface area contributed by atoms with E-state index in [0.29, 0.717) is 23.7 Å². The summed E-state index contributed by atoms with van der Waals surface area (Å²) in [4.78, 5) is 11.5. The first-order valence-corrected chi connectivity index (χ1v) is 8.43. The monoisotopic (exact) mass is 303 g/mol. The largest absolute Gasteiger partial charge is 0.481 e. The minimum absolute atomic E-state index is 0.108. The molecule has 1 aliphatic heterocycles. The van der Waals surface area contributed by atoms with Gasteiger partial charge in [-0.3, -0.25) is 4.79 Å². The number of carboxylic acids is 1. The van der Waals surface area contributed by atoms with Crippen LogP contribution in [0.1, 0.15) is 24.1 Å². The Bertz CT molecular complexity index is 564. The molecule has 0 radical (unpaired) electrons. The number of sulfonamides is 1. The lowest BCUT2D eigenvalue weighted by Gasteiger charge is -2.15. The summed E-state index contributed by atoms with van der Waals surface area (Å²) in [5.74, 6) is -0.665. The van der Waals surface area contributed by atoms with Crippen LogP contribution in [0.25, 0.3) is 0 Å². The van der Waals surface area contributed by atoms with Crippen LogP contribution in [0.3, 0.4) is 0 Å². The highest BCUT2D eigenvalue weighted by atomic mass is 32.2. The van der Waals surface area contributed by atoms with Crippen LogP contribution in [0.15, 0.2) is 16.3 Å². The second-order valence-corrected chi connectivity index (χ2v) is 8.27. The number of hydrogen-bond donors (Lipinski definition) is 1. The van der Waals surface area contributed by atoms with E-state index in [1.807, 2.05) is 6.92 Å². The van der Waals surface area contributed by atoms with Gasteiger partial charge in [0.05, 0.1) is 0 Å². The second-order valence-electron chi connectivity index (χ2n) is 4.82. The average molecular weight is 303 g/mol. The third-order valence-electron chi connectivity index (χ3n) is 3.32. The van der Waals surface area contributed by atoms with Crippen LogP contribution in [0.5, 0.6) is 0 Å². The first-order valence-electron chi connectivity index (χ1n) is 6.18. The van der Waals surface area contributed by atoms with E-state index in [9.17, 15) is 13.2 Å². The van der Waals surface area contributed by atoms with Gasteiger partial charge in [0, 0.05) is 24.4 Å². The maximum absolute atomic E-state index is 12.4. The third kappa shape index (κ3) is 3.34. The van der Waals surface area contributed by atoms with Crippen molar-refractivity contribution in [2.75, 3.05) is 13.1 Å². The van der Waals surface area contributed by atoms with Gasteiger partial charge in [-0.15, -0.1) is 11.3 Å². The Morgan fingerprint density at radius 3 is 2.84 bits per heavy atom. The summed E-state index contributed by atoms with van der Waals surface area (Å²) < 4.78 is 26.6. The molecule has 2 rings (SSSR count). The number of carboxylic acid groups (broad SMARTS) is 1. The highest BCUT2D eigenvalue weighted by Gasteiger charge is 2.33. The van der Waals surface area contributed by atoms with Gasteiger partial charge in [-0.05, 0) is 37.8 Å². The highest BCUT2D eigenvalue weighted by molar-refractivity contribution is 7.91. The Kier molecular flexibility index (Phi) is 4.27. The van der Waals surface area contributed by atoms with E-state index < -0.39 is 16.0 Å². The molecule has 2 heterocycles. The Morgan fingerprint density at radius 1 is 1.53 bits per heavy atom. The van der Waals surface area contributed by atoms with Gasteiger partial charge in [0.25, 0.3) is 10.0 Å². The summed E-state index contributed by atoms with van der Waals surface area (Å²) in [5.41, 5.74) is 0. The molecule has 1 aromatic rings. The summed E-state index contributed by atoms with van der Waals surface area (Å²) in [6.45, 7) is 2.81. The summed E-state index contributed by atoms with van der Waals surface area (Å²) in [7, 11) is -3.38. The first kappa shape index (κ1) is 14.5. The molecule has 1 atom stereocenters. The van der Waals surface area contributed by atoms with Gasteiger partial charge in [-0.1, -0.05) is 0 Å². The fraction of sp³-hybridized carbons (Fsp3) is 0.583. The van der Waals surface area contributed by atoms with Crippen molar-refractivity contribution in [2.45, 2.75) is 30.4 Å². The van der Waals surface area contributed by atoms with Crippen LogP contribution in [0.2, 0.25) is 0 Å². The molecule has 1 aliphatic rings. The molecule has 0 amide bonds. The lowest BCUT2D eigenvalue weighted by Crippen LogP contribution is -2.28. The lowest BCUT2D eigenvalue weighted by molar-refractivity contribution is -0.137. The average Bonchev–Trinajstić information content (AvgIpc) is 2.95. The zero-order valence-corrected chi connectivity index (χ0v) is 12.3. The maximum Gasteiger partial charge on any atom is 0.303 e. The molecular weight excluding hydrogens is 286 g/mol. The molecule has 1 aromatic heterocycles. The van der Waals surface area contributed by atoms with Crippen LogP contribution >= 0.6 is 11.3 Å². The molecule has 0 aromatic carbocycles. The van der Waals surface area contributed by atoms with Crippen molar-refractivity contribution in [3.63, 3.8) is 0 Å². The maximum atomic E-state index is 12.4. The van der Waals surface area contributed by atoms with Crippen molar-refractivity contribution in [3.05, 3.63) is 17.0 Å². The smallest absolute Gasteiger partial charge is 0.303 e. The summed E-state index contributed by atoms with van der Waals surface area (Å²) in [6.07, 6.45) is 1.40. The molecule has 0 aliphatic carbocycles. The fourth-order valence-electron chi connectivity index (χ4n) is 2.26. The summed E-state index contributed by atoms with van der Waals surface area (Å²) in [6, 6.07) is 3.44. The Morgan fingerprint density at radius 2 is 2.26 bits per heavy atom. The Labute approximate surface area is 116 Å². The standard InChI is InChI=1S/C12H17NO4S2/c1-9-2-5-12(18-9)19(16,17)13-7-6-10(8-13)3-4-11(14)15/h2,5,10H,3-4,6-8H2,1H3,(H,14,15). The topological polar surface area (TPSA) is 74.7 Å². The van der Waals surface area contributed by atoms with Gasteiger partial charge < -0.3 is 5.11 Å². The summed E-state index contributed by atoms with van der Waals surface area (Å²) >= 11 is 1.28. The van der Waals surface area contributed by atoms with Crippen LogP contribution < -0.4 is 0 Å². The molecule has 1 fully saturated rings. The lowest BCUT2D eigenvalue weighted by atomic mass is 10.0. The number of nitrogens with zero attached hydrogens (tertiary/aromatic N) is 1. The van der Waals surface area contributed by atoms with Crippen LogP contribution in [-0.2, 0) is 14.8 Å². The molecule has 0 saturated carbocycles.